The van der Waals surface area contributed by atoms with Gasteiger partial charge in [0.05, 0.1) is 22.8 Å². The van der Waals surface area contributed by atoms with Crippen molar-refractivity contribution in [3.63, 3.8) is 0 Å². The molecule has 5 heteroatoms. The molecular formula is C50H32N4O. The number of fused-ring (bicyclic) bond motifs is 3. The van der Waals surface area contributed by atoms with Crippen LogP contribution in [0.25, 0.3) is 101 Å². The minimum Gasteiger partial charge on any atom is -0.456 e. The van der Waals surface area contributed by atoms with Gasteiger partial charge in [0.1, 0.15) is 11.2 Å². The predicted octanol–water partition coefficient (Wildman–Crippen LogP) is 12.8. The van der Waals surface area contributed by atoms with Crippen LogP contribution in [0.4, 0.5) is 0 Å². The van der Waals surface area contributed by atoms with Crippen molar-refractivity contribution in [2.75, 3.05) is 0 Å². The second-order valence-corrected chi connectivity index (χ2v) is 13.5. The summed E-state index contributed by atoms with van der Waals surface area (Å²) in [5, 5.41) is 2.05. The lowest BCUT2D eigenvalue weighted by Crippen LogP contribution is -1.96. The monoisotopic (exact) mass is 704 g/mol. The summed E-state index contributed by atoms with van der Waals surface area (Å²) < 4.78 is 6.43. The highest BCUT2D eigenvalue weighted by molar-refractivity contribution is 6.13. The van der Waals surface area contributed by atoms with Crippen molar-refractivity contribution in [3.05, 3.63) is 194 Å². The minimum atomic E-state index is 0.658. The summed E-state index contributed by atoms with van der Waals surface area (Å²) in [6, 6.07) is 66.1. The molecule has 0 aliphatic carbocycles. The summed E-state index contributed by atoms with van der Waals surface area (Å²) in [7, 11) is 0. The van der Waals surface area contributed by atoms with Crippen molar-refractivity contribution >= 4 is 21.9 Å². The third-order valence-electron chi connectivity index (χ3n) is 9.94. The molecule has 0 radical (unpaired) electrons. The van der Waals surface area contributed by atoms with Gasteiger partial charge >= 0.3 is 0 Å². The molecule has 0 spiro atoms. The van der Waals surface area contributed by atoms with E-state index in [-0.39, 0.29) is 0 Å². The molecule has 0 aliphatic heterocycles. The quantitative estimate of drug-likeness (QED) is 0.165. The first kappa shape index (κ1) is 32.2. The van der Waals surface area contributed by atoms with Crippen molar-refractivity contribution in [3.8, 4) is 78.9 Å². The minimum absolute atomic E-state index is 0.658. The molecule has 3 heterocycles. The van der Waals surface area contributed by atoms with Crippen LogP contribution < -0.4 is 0 Å². The number of aromatic nitrogens is 4. The van der Waals surface area contributed by atoms with Gasteiger partial charge in [-0.2, -0.15) is 0 Å². The Labute approximate surface area is 318 Å². The maximum absolute atomic E-state index is 6.43. The molecule has 10 aromatic rings. The fourth-order valence-electron chi connectivity index (χ4n) is 7.19. The Morgan fingerprint density at radius 2 is 0.709 bits per heavy atom. The van der Waals surface area contributed by atoms with Crippen LogP contribution in [0.1, 0.15) is 0 Å². The van der Waals surface area contributed by atoms with Crippen molar-refractivity contribution in [2.45, 2.75) is 0 Å². The third kappa shape index (κ3) is 6.24. The lowest BCUT2D eigenvalue weighted by molar-refractivity contribution is 0.669. The van der Waals surface area contributed by atoms with E-state index < -0.39 is 0 Å². The first-order chi connectivity index (χ1) is 27.2. The van der Waals surface area contributed by atoms with Crippen LogP contribution in [-0.4, -0.2) is 19.9 Å². The van der Waals surface area contributed by atoms with E-state index in [1.807, 2.05) is 97.1 Å². The van der Waals surface area contributed by atoms with E-state index in [1.165, 1.54) is 0 Å². The number of hydrogen-bond donors (Lipinski definition) is 0. The van der Waals surface area contributed by atoms with Crippen LogP contribution in [0.5, 0.6) is 0 Å². The topological polar surface area (TPSA) is 64.7 Å². The molecule has 0 aliphatic rings. The Kier molecular flexibility index (Phi) is 8.08. The second kappa shape index (κ2) is 13.8. The smallest absolute Gasteiger partial charge is 0.160 e. The molecular weight excluding hydrogens is 673 g/mol. The van der Waals surface area contributed by atoms with Crippen LogP contribution in [0, 0.1) is 0 Å². The van der Waals surface area contributed by atoms with Gasteiger partial charge in [-0.3, -0.25) is 0 Å². The fourth-order valence-corrected chi connectivity index (χ4v) is 7.19. The Hall–Kier alpha value is -7.50. The van der Waals surface area contributed by atoms with E-state index in [2.05, 4.69) is 97.1 Å². The van der Waals surface area contributed by atoms with Crippen molar-refractivity contribution < 1.29 is 4.42 Å². The van der Waals surface area contributed by atoms with Gasteiger partial charge < -0.3 is 4.42 Å². The van der Waals surface area contributed by atoms with E-state index >= 15 is 0 Å². The number of nitrogens with zero attached hydrogens (tertiary/aromatic N) is 4. The SMILES string of the molecule is c1ccc(-c2cc(-c3ccccc3)nc(-c3ccc(-c4cccc5oc6ccc(-c7nc(-c8ccccc8)cc(-c8ccccc8)n7)cc6c45)cc3)n2)cc1. The number of benzene rings is 7. The lowest BCUT2D eigenvalue weighted by atomic mass is 9.97. The van der Waals surface area contributed by atoms with Gasteiger partial charge in [0.2, 0.25) is 0 Å². The zero-order valence-corrected chi connectivity index (χ0v) is 29.7. The molecule has 7 aromatic carbocycles. The Bertz CT molecular complexity index is 2830. The molecule has 55 heavy (non-hydrogen) atoms. The Balaban J connectivity index is 1.07. The molecule has 0 atom stereocenters. The standard InChI is InChI=1S/C50H32N4O/c1-5-14-34(15-6-1)42-31-43(35-16-7-2-8-17-35)52-49(51-42)38-26-24-33(25-27-38)40-22-13-23-47-48(40)41-30-39(28-29-46(41)55-47)50-53-44(36-18-9-3-10-19-36)32-45(54-50)37-20-11-4-12-21-37/h1-32H. The number of furan rings is 1. The van der Waals surface area contributed by atoms with Gasteiger partial charge in [-0.05, 0) is 47.5 Å². The normalized spacial score (nSPS) is 11.3. The van der Waals surface area contributed by atoms with Crippen molar-refractivity contribution in [1.82, 2.24) is 19.9 Å². The van der Waals surface area contributed by atoms with Crippen LogP contribution in [0.15, 0.2) is 199 Å². The van der Waals surface area contributed by atoms with Gasteiger partial charge in [0.25, 0.3) is 0 Å². The van der Waals surface area contributed by atoms with Crippen molar-refractivity contribution in [2.24, 2.45) is 0 Å². The highest BCUT2D eigenvalue weighted by Crippen LogP contribution is 2.39. The predicted molar refractivity (Wildman–Crippen MR) is 223 cm³/mol. The van der Waals surface area contributed by atoms with Gasteiger partial charge in [0.15, 0.2) is 11.6 Å². The molecule has 0 N–H and O–H groups in total. The Morgan fingerprint density at radius 3 is 1.18 bits per heavy atom. The third-order valence-corrected chi connectivity index (χ3v) is 9.94. The average Bonchev–Trinajstić information content (AvgIpc) is 3.66. The first-order valence-corrected chi connectivity index (χ1v) is 18.3. The van der Waals surface area contributed by atoms with E-state index in [0.29, 0.717) is 11.6 Å². The summed E-state index contributed by atoms with van der Waals surface area (Å²) in [5.41, 5.74) is 13.3. The maximum Gasteiger partial charge on any atom is 0.160 e. The van der Waals surface area contributed by atoms with Gasteiger partial charge in [-0.15, -0.1) is 0 Å². The molecule has 10 rings (SSSR count). The van der Waals surface area contributed by atoms with Gasteiger partial charge in [-0.1, -0.05) is 158 Å². The second-order valence-electron chi connectivity index (χ2n) is 13.5. The molecule has 0 amide bonds. The van der Waals surface area contributed by atoms with Gasteiger partial charge in [0, 0.05) is 44.2 Å². The maximum atomic E-state index is 6.43. The summed E-state index contributed by atoms with van der Waals surface area (Å²) in [4.78, 5) is 20.2. The molecule has 0 bridgehead atoms. The lowest BCUT2D eigenvalue weighted by Gasteiger charge is -2.10. The fraction of sp³-hybridized carbons (Fsp3) is 0. The van der Waals surface area contributed by atoms with Crippen molar-refractivity contribution in [1.29, 1.82) is 0 Å². The molecule has 0 saturated carbocycles. The van der Waals surface area contributed by atoms with Crippen LogP contribution >= 0.6 is 0 Å². The van der Waals surface area contributed by atoms with Crippen LogP contribution in [0.2, 0.25) is 0 Å². The first-order valence-electron chi connectivity index (χ1n) is 18.3. The van der Waals surface area contributed by atoms with E-state index in [9.17, 15) is 0 Å². The summed E-state index contributed by atoms with van der Waals surface area (Å²) in [5.74, 6) is 1.34. The Morgan fingerprint density at radius 1 is 0.291 bits per heavy atom. The summed E-state index contributed by atoms with van der Waals surface area (Å²) in [6.45, 7) is 0. The average molecular weight is 705 g/mol. The molecule has 3 aromatic heterocycles. The number of hydrogen-bond acceptors (Lipinski definition) is 5. The summed E-state index contributed by atoms with van der Waals surface area (Å²) in [6.07, 6.45) is 0. The number of rotatable bonds is 7. The molecule has 0 saturated heterocycles. The highest BCUT2D eigenvalue weighted by atomic mass is 16.3. The zero-order chi connectivity index (χ0) is 36.6. The summed E-state index contributed by atoms with van der Waals surface area (Å²) >= 11 is 0. The molecule has 0 fully saturated rings. The largest absolute Gasteiger partial charge is 0.456 e. The van der Waals surface area contributed by atoms with E-state index in [1.54, 1.807) is 0 Å². The highest BCUT2D eigenvalue weighted by Gasteiger charge is 2.17. The van der Waals surface area contributed by atoms with E-state index in [0.717, 1.165) is 89.2 Å². The van der Waals surface area contributed by atoms with Gasteiger partial charge in [-0.25, -0.2) is 19.9 Å². The van der Waals surface area contributed by atoms with Crippen LogP contribution in [-0.2, 0) is 0 Å². The zero-order valence-electron chi connectivity index (χ0n) is 29.7. The van der Waals surface area contributed by atoms with E-state index in [4.69, 9.17) is 24.4 Å². The molecule has 0 unspecified atom stereocenters. The van der Waals surface area contributed by atoms with Crippen LogP contribution in [0.3, 0.4) is 0 Å². The molecule has 5 nitrogen and oxygen atoms in total. The molecule has 258 valence electrons.